The highest BCUT2D eigenvalue weighted by atomic mass is 16.6. The smallest absolute Gasteiger partial charge is 0.416 e. The fraction of sp³-hybridized carbons (Fsp3) is 0.529. The maximum Gasteiger partial charge on any atom is 0.416 e. The number of hydrogen-bond donors (Lipinski definition) is 0. The number of amides is 2. The third-order valence-corrected chi connectivity index (χ3v) is 3.92. The van der Waals surface area contributed by atoms with E-state index in [2.05, 4.69) is 6.92 Å². The number of hydrogen-bond acceptors (Lipinski definition) is 3. The summed E-state index contributed by atoms with van der Waals surface area (Å²) >= 11 is 0. The SMILES string of the molecule is CCCCC(C)C(=O)N1C(=O)OC[C@H]1Cc1ccccc1. The van der Waals surface area contributed by atoms with Crippen LogP contribution in [0, 0.1) is 5.92 Å². The summed E-state index contributed by atoms with van der Waals surface area (Å²) in [4.78, 5) is 25.7. The van der Waals surface area contributed by atoms with Gasteiger partial charge >= 0.3 is 6.09 Å². The molecule has 2 amide bonds. The highest BCUT2D eigenvalue weighted by molar-refractivity contribution is 5.94. The summed E-state index contributed by atoms with van der Waals surface area (Å²) < 4.78 is 5.09. The molecule has 1 aliphatic heterocycles. The second-order valence-corrected chi connectivity index (χ2v) is 5.67. The van der Waals surface area contributed by atoms with Crippen LogP contribution in [-0.4, -0.2) is 29.5 Å². The average molecular weight is 289 g/mol. The van der Waals surface area contributed by atoms with Gasteiger partial charge in [-0.3, -0.25) is 4.79 Å². The molecule has 1 aliphatic rings. The summed E-state index contributed by atoms with van der Waals surface area (Å²) in [7, 11) is 0. The summed E-state index contributed by atoms with van der Waals surface area (Å²) in [5, 5.41) is 0. The molecular formula is C17H23NO3. The molecule has 0 saturated carbocycles. The van der Waals surface area contributed by atoms with E-state index < -0.39 is 6.09 Å². The van der Waals surface area contributed by atoms with Crippen LogP contribution < -0.4 is 0 Å². The minimum absolute atomic E-state index is 0.105. The Kier molecular flexibility index (Phi) is 5.37. The van der Waals surface area contributed by atoms with E-state index in [1.807, 2.05) is 37.3 Å². The minimum Gasteiger partial charge on any atom is -0.447 e. The largest absolute Gasteiger partial charge is 0.447 e. The van der Waals surface area contributed by atoms with E-state index in [1.165, 1.54) is 4.90 Å². The summed E-state index contributed by atoms with van der Waals surface area (Å²) in [5.74, 6) is -0.235. The monoisotopic (exact) mass is 289 g/mol. The van der Waals surface area contributed by atoms with Crippen molar-refractivity contribution in [1.82, 2.24) is 4.90 Å². The molecule has 0 radical (unpaired) electrons. The van der Waals surface area contributed by atoms with Crippen LogP contribution in [0.1, 0.15) is 38.7 Å². The van der Waals surface area contributed by atoms with E-state index in [1.54, 1.807) is 0 Å². The molecule has 21 heavy (non-hydrogen) atoms. The van der Waals surface area contributed by atoms with Gasteiger partial charge in [0.1, 0.15) is 6.61 Å². The Morgan fingerprint density at radius 3 is 2.76 bits per heavy atom. The van der Waals surface area contributed by atoms with Gasteiger partial charge in [-0.05, 0) is 18.4 Å². The molecule has 2 rings (SSSR count). The lowest BCUT2D eigenvalue weighted by atomic mass is 10.0. The first-order valence-electron chi connectivity index (χ1n) is 7.67. The van der Waals surface area contributed by atoms with Crippen LogP contribution >= 0.6 is 0 Å². The number of rotatable bonds is 6. The van der Waals surface area contributed by atoms with Crippen molar-refractivity contribution >= 4 is 12.0 Å². The maximum atomic E-state index is 12.5. The molecule has 0 aliphatic carbocycles. The second-order valence-electron chi connectivity index (χ2n) is 5.67. The molecule has 0 bridgehead atoms. The second kappa shape index (κ2) is 7.25. The molecule has 0 aromatic heterocycles. The lowest BCUT2D eigenvalue weighted by Crippen LogP contribution is -2.43. The van der Waals surface area contributed by atoms with Gasteiger partial charge in [-0.1, -0.05) is 57.0 Å². The molecule has 1 heterocycles. The standard InChI is InChI=1S/C17H23NO3/c1-3-4-8-13(2)16(19)18-15(12-21-17(18)20)11-14-9-6-5-7-10-14/h5-7,9-10,13,15H,3-4,8,11-12H2,1-2H3/t13?,15-/m1/s1. The van der Waals surface area contributed by atoms with Crippen LogP contribution in [0.4, 0.5) is 4.79 Å². The number of nitrogens with zero attached hydrogens (tertiary/aromatic N) is 1. The molecule has 1 fully saturated rings. The van der Waals surface area contributed by atoms with Gasteiger partial charge in [0.2, 0.25) is 5.91 Å². The van der Waals surface area contributed by atoms with Crippen molar-refractivity contribution in [3.63, 3.8) is 0 Å². The Morgan fingerprint density at radius 2 is 2.10 bits per heavy atom. The van der Waals surface area contributed by atoms with E-state index in [4.69, 9.17) is 4.74 Å². The van der Waals surface area contributed by atoms with Crippen LogP contribution in [0.3, 0.4) is 0 Å². The molecule has 4 nitrogen and oxygen atoms in total. The molecule has 1 unspecified atom stereocenters. The predicted octanol–water partition coefficient (Wildman–Crippen LogP) is 3.40. The van der Waals surface area contributed by atoms with Crippen molar-refractivity contribution in [2.45, 2.75) is 45.6 Å². The zero-order valence-corrected chi connectivity index (χ0v) is 12.7. The Bertz CT molecular complexity index is 486. The highest BCUT2D eigenvalue weighted by Gasteiger charge is 2.39. The molecular weight excluding hydrogens is 266 g/mol. The quantitative estimate of drug-likeness (QED) is 0.806. The number of imide groups is 1. The zero-order valence-electron chi connectivity index (χ0n) is 12.7. The number of carbonyl (C=O) groups excluding carboxylic acids is 2. The van der Waals surface area contributed by atoms with Crippen LogP contribution in [0.5, 0.6) is 0 Å². The topological polar surface area (TPSA) is 46.6 Å². The predicted molar refractivity (Wildman–Crippen MR) is 80.8 cm³/mol. The molecule has 1 saturated heterocycles. The summed E-state index contributed by atoms with van der Waals surface area (Å²) in [6.07, 6.45) is 3.02. The Morgan fingerprint density at radius 1 is 1.38 bits per heavy atom. The van der Waals surface area contributed by atoms with Crippen LogP contribution in [0.2, 0.25) is 0 Å². The van der Waals surface area contributed by atoms with Crippen LogP contribution in [-0.2, 0) is 16.0 Å². The number of carbonyl (C=O) groups is 2. The molecule has 1 aromatic rings. The fourth-order valence-corrected chi connectivity index (χ4v) is 2.64. The van der Waals surface area contributed by atoms with Crippen molar-refractivity contribution in [3.8, 4) is 0 Å². The number of ether oxygens (including phenoxy) is 1. The van der Waals surface area contributed by atoms with Gasteiger partial charge < -0.3 is 4.74 Å². The van der Waals surface area contributed by atoms with Gasteiger partial charge in [0.15, 0.2) is 0 Å². The fourth-order valence-electron chi connectivity index (χ4n) is 2.64. The first kappa shape index (κ1) is 15.5. The summed E-state index contributed by atoms with van der Waals surface area (Å²) in [6, 6.07) is 9.70. The van der Waals surface area contributed by atoms with Crippen LogP contribution in [0.15, 0.2) is 30.3 Å². The zero-order chi connectivity index (χ0) is 15.2. The normalized spacial score (nSPS) is 19.4. The van der Waals surface area contributed by atoms with Crippen LogP contribution in [0.25, 0.3) is 0 Å². The van der Waals surface area contributed by atoms with Gasteiger partial charge in [0.25, 0.3) is 0 Å². The third-order valence-electron chi connectivity index (χ3n) is 3.92. The lowest BCUT2D eigenvalue weighted by Gasteiger charge is -2.23. The summed E-state index contributed by atoms with van der Waals surface area (Å²) in [6.45, 7) is 4.28. The Labute approximate surface area is 126 Å². The molecule has 0 spiro atoms. The summed E-state index contributed by atoms with van der Waals surface area (Å²) in [5.41, 5.74) is 1.11. The van der Waals surface area contributed by atoms with E-state index in [0.29, 0.717) is 13.0 Å². The van der Waals surface area contributed by atoms with Crippen molar-refractivity contribution in [3.05, 3.63) is 35.9 Å². The lowest BCUT2D eigenvalue weighted by molar-refractivity contribution is -0.133. The molecule has 2 atom stereocenters. The molecule has 114 valence electrons. The average Bonchev–Trinajstić information content (AvgIpc) is 2.85. The first-order chi connectivity index (χ1) is 10.1. The number of benzene rings is 1. The van der Waals surface area contributed by atoms with Gasteiger partial charge in [-0.25, -0.2) is 9.69 Å². The maximum absolute atomic E-state index is 12.5. The van der Waals surface area contributed by atoms with Gasteiger partial charge in [-0.15, -0.1) is 0 Å². The first-order valence-corrected chi connectivity index (χ1v) is 7.67. The molecule has 0 N–H and O–H groups in total. The Balaban J connectivity index is 2.04. The van der Waals surface area contributed by atoms with Crippen molar-refractivity contribution in [2.24, 2.45) is 5.92 Å². The highest BCUT2D eigenvalue weighted by Crippen LogP contribution is 2.21. The van der Waals surface area contributed by atoms with Crippen molar-refractivity contribution in [1.29, 1.82) is 0 Å². The van der Waals surface area contributed by atoms with Gasteiger partial charge in [0, 0.05) is 5.92 Å². The molecule has 4 heteroatoms. The van der Waals surface area contributed by atoms with E-state index >= 15 is 0 Å². The third kappa shape index (κ3) is 3.84. The number of unbranched alkanes of at least 4 members (excludes halogenated alkanes) is 1. The van der Waals surface area contributed by atoms with E-state index in [-0.39, 0.29) is 17.9 Å². The Hall–Kier alpha value is -1.84. The van der Waals surface area contributed by atoms with Gasteiger partial charge in [-0.2, -0.15) is 0 Å². The van der Waals surface area contributed by atoms with Crippen molar-refractivity contribution < 1.29 is 14.3 Å². The van der Waals surface area contributed by atoms with E-state index in [0.717, 1.165) is 24.8 Å². The number of cyclic esters (lactones) is 1. The van der Waals surface area contributed by atoms with Crippen molar-refractivity contribution in [2.75, 3.05) is 6.61 Å². The molecule has 1 aromatic carbocycles. The van der Waals surface area contributed by atoms with Gasteiger partial charge in [0.05, 0.1) is 6.04 Å². The van der Waals surface area contributed by atoms with E-state index in [9.17, 15) is 9.59 Å². The minimum atomic E-state index is -0.496.